The summed E-state index contributed by atoms with van der Waals surface area (Å²) in [5.41, 5.74) is 0. The van der Waals surface area contributed by atoms with Gasteiger partial charge in [-0.1, -0.05) is 278 Å². The minimum absolute atomic E-state index is 0.0621. The van der Waals surface area contributed by atoms with Gasteiger partial charge in [-0.3, -0.25) is 14.4 Å². The number of hydrogen-bond donors (Lipinski definition) is 0. The lowest BCUT2D eigenvalue weighted by atomic mass is 9.99. The molecule has 6 nitrogen and oxygen atoms in total. The molecular weight excluding hydrogens is 769 g/mol. The Balaban J connectivity index is 4.28. The summed E-state index contributed by atoms with van der Waals surface area (Å²) >= 11 is 0. The molecule has 0 aromatic heterocycles. The molecule has 0 N–H and O–H groups in total. The van der Waals surface area contributed by atoms with Crippen LogP contribution >= 0.6 is 0 Å². The molecule has 0 aliphatic heterocycles. The fourth-order valence-corrected chi connectivity index (χ4v) is 8.54. The van der Waals surface area contributed by atoms with Crippen LogP contribution in [0, 0.1) is 5.92 Å². The van der Waals surface area contributed by atoms with E-state index in [4.69, 9.17) is 14.2 Å². The van der Waals surface area contributed by atoms with E-state index in [1.807, 2.05) is 0 Å². The molecule has 0 saturated heterocycles. The molecule has 1 unspecified atom stereocenters. The molecule has 0 amide bonds. The van der Waals surface area contributed by atoms with Crippen molar-refractivity contribution in [1.29, 1.82) is 0 Å². The van der Waals surface area contributed by atoms with E-state index in [2.05, 4.69) is 27.7 Å². The van der Waals surface area contributed by atoms with Crippen molar-refractivity contribution in [2.24, 2.45) is 5.92 Å². The van der Waals surface area contributed by atoms with Crippen molar-refractivity contribution in [3.8, 4) is 0 Å². The number of carbonyl (C=O) groups excluding carboxylic acids is 3. The van der Waals surface area contributed by atoms with E-state index < -0.39 is 6.10 Å². The molecule has 0 heterocycles. The molecule has 0 bridgehead atoms. The maximum absolute atomic E-state index is 12.8. The van der Waals surface area contributed by atoms with Gasteiger partial charge in [0.25, 0.3) is 0 Å². The van der Waals surface area contributed by atoms with Crippen molar-refractivity contribution in [2.75, 3.05) is 13.2 Å². The molecule has 0 spiro atoms. The van der Waals surface area contributed by atoms with E-state index in [-0.39, 0.29) is 31.1 Å². The summed E-state index contributed by atoms with van der Waals surface area (Å²) < 4.78 is 16.9. The molecule has 0 rings (SSSR count). The highest BCUT2D eigenvalue weighted by Gasteiger charge is 2.19. The van der Waals surface area contributed by atoms with Crippen LogP contribution < -0.4 is 0 Å². The Morgan fingerprint density at radius 2 is 0.565 bits per heavy atom. The van der Waals surface area contributed by atoms with Gasteiger partial charge in [-0.15, -0.1) is 0 Å². The van der Waals surface area contributed by atoms with Crippen LogP contribution in [0.5, 0.6) is 0 Å². The number of ether oxygens (including phenoxy) is 3. The number of hydrogen-bond acceptors (Lipinski definition) is 6. The molecular formula is C56H108O6. The van der Waals surface area contributed by atoms with Gasteiger partial charge in [-0.2, -0.15) is 0 Å². The quantitative estimate of drug-likeness (QED) is 0.0344. The zero-order valence-electron chi connectivity index (χ0n) is 42.3. The first-order valence-corrected chi connectivity index (χ1v) is 27.9. The maximum Gasteiger partial charge on any atom is 0.306 e. The van der Waals surface area contributed by atoms with Crippen molar-refractivity contribution in [3.63, 3.8) is 0 Å². The highest BCUT2D eigenvalue weighted by atomic mass is 16.6. The highest BCUT2D eigenvalue weighted by Crippen LogP contribution is 2.18. The zero-order chi connectivity index (χ0) is 45.2. The van der Waals surface area contributed by atoms with Gasteiger partial charge in [-0.05, 0) is 25.2 Å². The SMILES string of the molecule is CCCCCCCCCCCCCCCC(=O)OC[C@@H](COC(=O)CCCCCCCCCCCCCCCCC(C)CC)OC(=O)CCCCCCCCCCCCCCC. The second-order valence-electron chi connectivity index (χ2n) is 19.5. The molecule has 6 heteroatoms. The molecule has 0 aromatic rings. The van der Waals surface area contributed by atoms with Crippen LogP contribution in [0.25, 0.3) is 0 Å². The Kier molecular flexibility index (Phi) is 49.1. The molecule has 0 aliphatic carbocycles. The molecule has 0 saturated carbocycles. The average Bonchev–Trinajstić information content (AvgIpc) is 3.27. The number of carbonyl (C=O) groups is 3. The Morgan fingerprint density at radius 3 is 0.839 bits per heavy atom. The minimum atomic E-state index is -0.761. The minimum Gasteiger partial charge on any atom is -0.462 e. The van der Waals surface area contributed by atoms with Crippen LogP contribution in [0.4, 0.5) is 0 Å². The van der Waals surface area contributed by atoms with Gasteiger partial charge < -0.3 is 14.2 Å². The molecule has 0 fully saturated rings. The lowest BCUT2D eigenvalue weighted by molar-refractivity contribution is -0.167. The molecule has 2 atom stereocenters. The number of unbranched alkanes of at least 4 members (excludes halogenated alkanes) is 37. The normalized spacial score (nSPS) is 12.4. The summed E-state index contributed by atoms with van der Waals surface area (Å²) in [5.74, 6) is 0.0578. The summed E-state index contributed by atoms with van der Waals surface area (Å²) in [4.78, 5) is 38.0. The number of rotatable bonds is 51. The first kappa shape index (κ1) is 60.4. The van der Waals surface area contributed by atoms with Crippen LogP contribution in [-0.4, -0.2) is 37.2 Å². The summed E-state index contributed by atoms with van der Waals surface area (Å²) in [7, 11) is 0. The highest BCUT2D eigenvalue weighted by molar-refractivity contribution is 5.71. The van der Waals surface area contributed by atoms with E-state index in [0.717, 1.165) is 63.7 Å². The summed E-state index contributed by atoms with van der Waals surface area (Å²) in [5, 5.41) is 0. The van der Waals surface area contributed by atoms with Crippen LogP contribution in [0.1, 0.15) is 317 Å². The fourth-order valence-electron chi connectivity index (χ4n) is 8.54. The van der Waals surface area contributed by atoms with Crippen molar-refractivity contribution in [3.05, 3.63) is 0 Å². The van der Waals surface area contributed by atoms with Crippen LogP contribution in [-0.2, 0) is 28.6 Å². The van der Waals surface area contributed by atoms with Crippen molar-refractivity contribution >= 4 is 17.9 Å². The molecule has 62 heavy (non-hydrogen) atoms. The summed E-state index contributed by atoms with van der Waals surface area (Å²) in [6, 6.07) is 0. The van der Waals surface area contributed by atoms with Gasteiger partial charge in [-0.25, -0.2) is 0 Å². The van der Waals surface area contributed by atoms with Gasteiger partial charge in [0, 0.05) is 19.3 Å². The van der Waals surface area contributed by atoms with Crippen LogP contribution in [0.3, 0.4) is 0 Å². The first-order chi connectivity index (χ1) is 30.4. The maximum atomic E-state index is 12.8. The smallest absolute Gasteiger partial charge is 0.306 e. The van der Waals surface area contributed by atoms with Crippen LogP contribution in [0.2, 0.25) is 0 Å². The predicted octanol–water partition coefficient (Wildman–Crippen LogP) is 18.2. The van der Waals surface area contributed by atoms with E-state index >= 15 is 0 Å². The largest absolute Gasteiger partial charge is 0.462 e. The third-order valence-electron chi connectivity index (χ3n) is 13.2. The monoisotopic (exact) mass is 877 g/mol. The molecule has 0 aliphatic rings. The molecule has 0 radical (unpaired) electrons. The average molecular weight is 877 g/mol. The summed E-state index contributed by atoms with van der Waals surface area (Å²) in [6.07, 6.45) is 53.6. The van der Waals surface area contributed by atoms with Crippen molar-refractivity contribution < 1.29 is 28.6 Å². The second kappa shape index (κ2) is 50.4. The third kappa shape index (κ3) is 47.9. The standard InChI is InChI=1S/C56H108O6/c1-5-8-10-12-14-16-18-22-27-31-35-39-43-47-54(57)60-50-53(62-56(59)49-45-41-37-33-29-23-19-17-15-13-11-9-6-2)51-61-55(58)48-44-40-36-32-28-25-21-20-24-26-30-34-38-42-46-52(4)7-3/h52-53H,5-51H2,1-4H3/t52?,53-/m0/s1. The van der Waals surface area contributed by atoms with Gasteiger partial charge in [0.15, 0.2) is 6.10 Å². The van der Waals surface area contributed by atoms with Gasteiger partial charge in [0.2, 0.25) is 0 Å². The zero-order valence-corrected chi connectivity index (χ0v) is 42.3. The first-order valence-electron chi connectivity index (χ1n) is 27.9. The topological polar surface area (TPSA) is 78.9 Å². The Hall–Kier alpha value is -1.59. The predicted molar refractivity (Wildman–Crippen MR) is 266 cm³/mol. The van der Waals surface area contributed by atoms with Crippen molar-refractivity contribution in [1.82, 2.24) is 0 Å². The van der Waals surface area contributed by atoms with E-state index in [9.17, 15) is 14.4 Å². The molecule has 0 aromatic carbocycles. The Morgan fingerprint density at radius 1 is 0.323 bits per heavy atom. The summed E-state index contributed by atoms with van der Waals surface area (Å²) in [6.45, 7) is 9.09. The number of esters is 3. The Labute approximate surface area is 387 Å². The third-order valence-corrected chi connectivity index (χ3v) is 13.2. The fraction of sp³-hybridized carbons (Fsp3) is 0.946. The second-order valence-corrected chi connectivity index (χ2v) is 19.5. The van der Waals surface area contributed by atoms with Gasteiger partial charge >= 0.3 is 17.9 Å². The lowest BCUT2D eigenvalue weighted by Gasteiger charge is -2.18. The van der Waals surface area contributed by atoms with E-state index in [1.165, 1.54) is 212 Å². The Bertz CT molecular complexity index is 935. The van der Waals surface area contributed by atoms with Crippen LogP contribution in [0.15, 0.2) is 0 Å². The molecule has 368 valence electrons. The van der Waals surface area contributed by atoms with E-state index in [0.29, 0.717) is 19.3 Å². The van der Waals surface area contributed by atoms with Gasteiger partial charge in [0.05, 0.1) is 0 Å². The van der Waals surface area contributed by atoms with E-state index in [1.54, 1.807) is 0 Å². The van der Waals surface area contributed by atoms with Gasteiger partial charge in [0.1, 0.15) is 13.2 Å². The lowest BCUT2D eigenvalue weighted by Crippen LogP contribution is -2.30. The van der Waals surface area contributed by atoms with Crippen molar-refractivity contribution in [2.45, 2.75) is 323 Å².